The first-order valence-electron chi connectivity index (χ1n) is 7.97. The third-order valence-electron chi connectivity index (χ3n) is 4.22. The minimum absolute atomic E-state index is 0.262. The van der Waals surface area contributed by atoms with Crippen LogP contribution in [0.25, 0.3) is 0 Å². The Balaban J connectivity index is 1.59. The van der Waals surface area contributed by atoms with Crippen LogP contribution in [0.1, 0.15) is 24.0 Å². The van der Waals surface area contributed by atoms with Gasteiger partial charge in [0.2, 0.25) is 0 Å². The zero-order valence-corrected chi connectivity index (χ0v) is 12.7. The molecule has 0 saturated carbocycles. The molecule has 0 bridgehead atoms. The van der Waals surface area contributed by atoms with Crippen molar-refractivity contribution in [2.24, 2.45) is 5.92 Å². The molecule has 1 N–H and O–H groups in total. The second-order valence-corrected chi connectivity index (χ2v) is 5.94. The predicted octanol–water partition coefficient (Wildman–Crippen LogP) is 3.95. The Morgan fingerprint density at radius 3 is 2.50 bits per heavy atom. The van der Waals surface area contributed by atoms with Crippen LogP contribution in [0.5, 0.6) is 5.75 Å². The molecule has 1 heterocycles. The van der Waals surface area contributed by atoms with Crippen LogP contribution < -0.4 is 10.1 Å². The van der Waals surface area contributed by atoms with Gasteiger partial charge >= 0.3 is 0 Å². The van der Waals surface area contributed by atoms with Crippen molar-refractivity contribution in [3.63, 3.8) is 0 Å². The van der Waals surface area contributed by atoms with Gasteiger partial charge in [-0.25, -0.2) is 4.39 Å². The molecular formula is C19H22FNO. The van der Waals surface area contributed by atoms with E-state index in [-0.39, 0.29) is 5.82 Å². The fraction of sp³-hybridized carbons (Fsp3) is 0.368. The molecule has 0 amide bonds. The van der Waals surface area contributed by atoms with Crippen molar-refractivity contribution in [3.05, 3.63) is 65.5 Å². The summed E-state index contributed by atoms with van der Waals surface area (Å²) in [6.45, 7) is 2.54. The second-order valence-electron chi connectivity index (χ2n) is 5.94. The molecule has 22 heavy (non-hydrogen) atoms. The molecule has 2 aromatic rings. The normalized spacial score (nSPS) is 15.7. The molecule has 116 valence electrons. The molecule has 3 heteroatoms. The van der Waals surface area contributed by atoms with Crippen LogP contribution in [0.3, 0.4) is 0 Å². The number of piperidine rings is 1. The van der Waals surface area contributed by atoms with E-state index in [2.05, 4.69) is 5.32 Å². The number of benzene rings is 2. The molecule has 2 aromatic carbocycles. The quantitative estimate of drug-likeness (QED) is 0.902. The standard InChI is InChI=1S/C19H22FNO/c20-18-13-17(12-15-8-10-21-11-9-15)6-7-19(18)22-14-16-4-2-1-3-5-16/h1-7,13,15,21H,8-12,14H2. The number of hydrogen-bond acceptors (Lipinski definition) is 2. The topological polar surface area (TPSA) is 21.3 Å². The van der Waals surface area contributed by atoms with Gasteiger partial charge in [0.1, 0.15) is 6.61 Å². The van der Waals surface area contributed by atoms with Crippen LogP contribution in [-0.2, 0) is 13.0 Å². The van der Waals surface area contributed by atoms with Gasteiger partial charge in [0.05, 0.1) is 0 Å². The minimum Gasteiger partial charge on any atom is -0.486 e. The van der Waals surface area contributed by atoms with E-state index in [1.165, 1.54) is 12.8 Å². The zero-order valence-electron chi connectivity index (χ0n) is 12.7. The lowest BCUT2D eigenvalue weighted by Gasteiger charge is -2.22. The molecule has 1 aliphatic rings. The van der Waals surface area contributed by atoms with Gasteiger partial charge < -0.3 is 10.1 Å². The third kappa shape index (κ3) is 4.08. The SMILES string of the molecule is Fc1cc(CC2CCNCC2)ccc1OCc1ccccc1. The Morgan fingerprint density at radius 2 is 1.77 bits per heavy atom. The molecule has 0 spiro atoms. The van der Waals surface area contributed by atoms with Gasteiger partial charge in [-0.1, -0.05) is 36.4 Å². The van der Waals surface area contributed by atoms with E-state index >= 15 is 0 Å². The molecule has 1 saturated heterocycles. The van der Waals surface area contributed by atoms with E-state index in [0.717, 1.165) is 30.6 Å². The lowest BCUT2D eigenvalue weighted by atomic mass is 9.91. The van der Waals surface area contributed by atoms with Gasteiger partial charge in [0, 0.05) is 0 Å². The van der Waals surface area contributed by atoms with E-state index < -0.39 is 0 Å². The monoisotopic (exact) mass is 299 g/mol. The van der Waals surface area contributed by atoms with Crippen LogP contribution >= 0.6 is 0 Å². The van der Waals surface area contributed by atoms with Gasteiger partial charge in [-0.15, -0.1) is 0 Å². The molecule has 0 radical (unpaired) electrons. The summed E-state index contributed by atoms with van der Waals surface area (Å²) in [6.07, 6.45) is 3.30. The van der Waals surface area contributed by atoms with E-state index in [9.17, 15) is 4.39 Å². The maximum absolute atomic E-state index is 14.2. The van der Waals surface area contributed by atoms with Gasteiger partial charge in [0.15, 0.2) is 11.6 Å². The predicted molar refractivity (Wildman–Crippen MR) is 86.5 cm³/mol. The van der Waals surface area contributed by atoms with E-state index in [4.69, 9.17) is 4.74 Å². The van der Waals surface area contributed by atoms with Crippen molar-refractivity contribution >= 4 is 0 Å². The van der Waals surface area contributed by atoms with Crippen molar-refractivity contribution in [2.75, 3.05) is 13.1 Å². The minimum atomic E-state index is -0.262. The van der Waals surface area contributed by atoms with Crippen molar-refractivity contribution < 1.29 is 9.13 Å². The highest BCUT2D eigenvalue weighted by Gasteiger charge is 2.14. The number of hydrogen-bond donors (Lipinski definition) is 1. The second kappa shape index (κ2) is 7.41. The average molecular weight is 299 g/mol. The zero-order chi connectivity index (χ0) is 15.2. The van der Waals surface area contributed by atoms with Gasteiger partial charge in [-0.2, -0.15) is 0 Å². The summed E-state index contributed by atoms with van der Waals surface area (Å²) >= 11 is 0. The third-order valence-corrected chi connectivity index (χ3v) is 4.22. The molecule has 0 unspecified atom stereocenters. The lowest BCUT2D eigenvalue weighted by Crippen LogP contribution is -2.28. The number of rotatable bonds is 5. The Labute approximate surface area is 131 Å². The number of halogens is 1. The first-order chi connectivity index (χ1) is 10.8. The van der Waals surface area contributed by atoms with Crippen LogP contribution in [0.15, 0.2) is 48.5 Å². The maximum atomic E-state index is 14.2. The molecule has 0 aliphatic carbocycles. The Hall–Kier alpha value is -1.87. The van der Waals surface area contributed by atoms with Crippen molar-refractivity contribution in [2.45, 2.75) is 25.9 Å². The fourth-order valence-corrected chi connectivity index (χ4v) is 2.94. The molecule has 0 atom stereocenters. The summed E-state index contributed by atoms with van der Waals surface area (Å²) < 4.78 is 19.8. The van der Waals surface area contributed by atoms with Gasteiger partial charge in [-0.3, -0.25) is 0 Å². The first-order valence-corrected chi connectivity index (χ1v) is 7.97. The van der Waals surface area contributed by atoms with Crippen molar-refractivity contribution in [1.82, 2.24) is 5.32 Å². The summed E-state index contributed by atoms with van der Waals surface area (Å²) in [5.74, 6) is 0.733. The highest BCUT2D eigenvalue weighted by atomic mass is 19.1. The van der Waals surface area contributed by atoms with Crippen LogP contribution in [0.2, 0.25) is 0 Å². The summed E-state index contributed by atoms with van der Waals surface area (Å²) in [5.41, 5.74) is 2.11. The summed E-state index contributed by atoms with van der Waals surface area (Å²) in [5, 5.41) is 3.36. The summed E-state index contributed by atoms with van der Waals surface area (Å²) in [6, 6.07) is 15.2. The Morgan fingerprint density at radius 1 is 1.00 bits per heavy atom. The van der Waals surface area contributed by atoms with Gasteiger partial charge in [-0.05, 0) is 61.5 Å². The molecule has 1 fully saturated rings. The Kier molecular flexibility index (Phi) is 5.07. The molecular weight excluding hydrogens is 277 g/mol. The van der Waals surface area contributed by atoms with E-state index in [0.29, 0.717) is 18.3 Å². The van der Waals surface area contributed by atoms with Crippen LogP contribution in [0, 0.1) is 11.7 Å². The van der Waals surface area contributed by atoms with Gasteiger partial charge in [0.25, 0.3) is 0 Å². The number of nitrogens with one attached hydrogen (secondary N) is 1. The smallest absolute Gasteiger partial charge is 0.165 e. The van der Waals surface area contributed by atoms with E-state index in [1.54, 1.807) is 12.1 Å². The first kappa shape index (κ1) is 15.0. The molecule has 3 rings (SSSR count). The van der Waals surface area contributed by atoms with Crippen molar-refractivity contribution in [1.29, 1.82) is 0 Å². The van der Waals surface area contributed by atoms with Crippen molar-refractivity contribution in [3.8, 4) is 5.75 Å². The van der Waals surface area contributed by atoms with Crippen LogP contribution in [-0.4, -0.2) is 13.1 Å². The average Bonchev–Trinajstić information content (AvgIpc) is 2.56. The molecule has 1 aliphatic heterocycles. The van der Waals surface area contributed by atoms with Crippen LogP contribution in [0.4, 0.5) is 4.39 Å². The highest BCUT2D eigenvalue weighted by Crippen LogP contribution is 2.23. The van der Waals surface area contributed by atoms with E-state index in [1.807, 2.05) is 36.4 Å². The summed E-state index contributed by atoms with van der Waals surface area (Å²) in [4.78, 5) is 0. The lowest BCUT2D eigenvalue weighted by molar-refractivity contribution is 0.290. The molecule has 0 aromatic heterocycles. The maximum Gasteiger partial charge on any atom is 0.165 e. The Bertz CT molecular complexity index is 594. The largest absolute Gasteiger partial charge is 0.486 e. The fourth-order valence-electron chi connectivity index (χ4n) is 2.94. The summed E-state index contributed by atoms with van der Waals surface area (Å²) in [7, 11) is 0. The number of ether oxygens (including phenoxy) is 1. The highest BCUT2D eigenvalue weighted by molar-refractivity contribution is 5.30. The molecule has 2 nitrogen and oxygen atoms in total.